The zero-order valence-corrected chi connectivity index (χ0v) is 10.9. The van der Waals surface area contributed by atoms with Crippen LogP contribution < -0.4 is 5.73 Å². The normalized spacial score (nSPS) is 19.9. The van der Waals surface area contributed by atoms with Gasteiger partial charge in [0, 0.05) is 39.6 Å². The molecule has 0 spiro atoms. The molecular weight excluding hydrogens is 238 g/mol. The van der Waals surface area contributed by atoms with E-state index in [4.69, 9.17) is 20.4 Å². The molecule has 0 aromatic rings. The minimum Gasteiger partial charge on any atom is -0.409 e. The molecule has 104 valence electrons. The number of piperidine rings is 1. The van der Waals surface area contributed by atoms with Crippen molar-refractivity contribution in [2.45, 2.75) is 25.4 Å². The number of rotatable bonds is 5. The van der Waals surface area contributed by atoms with Crippen LogP contribution in [0.1, 0.15) is 19.8 Å². The van der Waals surface area contributed by atoms with Gasteiger partial charge in [-0.15, -0.1) is 0 Å². The Morgan fingerprint density at radius 2 is 2.11 bits per heavy atom. The molecule has 7 nitrogen and oxygen atoms in total. The van der Waals surface area contributed by atoms with Crippen LogP contribution in [0.4, 0.5) is 0 Å². The van der Waals surface area contributed by atoms with Crippen LogP contribution in [-0.4, -0.2) is 60.9 Å². The number of ether oxygens (including phenoxy) is 2. The van der Waals surface area contributed by atoms with Crippen LogP contribution in [0.25, 0.3) is 0 Å². The number of carbonyl (C=O) groups excluding carboxylic acids is 1. The Bertz CT molecular complexity index is 311. The van der Waals surface area contributed by atoms with E-state index in [1.807, 2.05) is 6.92 Å². The molecular formula is C11H21N3O4. The van der Waals surface area contributed by atoms with Crippen LogP contribution in [-0.2, 0) is 14.3 Å². The molecule has 1 fully saturated rings. The van der Waals surface area contributed by atoms with Crippen molar-refractivity contribution in [2.24, 2.45) is 10.9 Å². The highest BCUT2D eigenvalue weighted by atomic mass is 16.5. The standard InChI is InChI=1S/C11H21N3O4/c1-3-18-11(10(12)13-16)4-6-14(7-5-11)9(15)8-17-2/h16H,3-8H2,1-2H3,(H2,12,13). The highest BCUT2D eigenvalue weighted by Gasteiger charge is 2.40. The molecule has 1 heterocycles. The van der Waals surface area contributed by atoms with E-state index < -0.39 is 5.60 Å². The highest BCUT2D eigenvalue weighted by Crippen LogP contribution is 2.26. The van der Waals surface area contributed by atoms with Crippen LogP contribution in [0.3, 0.4) is 0 Å². The molecule has 0 bridgehead atoms. The lowest BCUT2D eigenvalue weighted by Crippen LogP contribution is -2.55. The Morgan fingerprint density at radius 3 is 2.56 bits per heavy atom. The van der Waals surface area contributed by atoms with Crippen LogP contribution in [0.2, 0.25) is 0 Å². The SMILES string of the molecule is CCOC1(C(N)=NO)CCN(C(=O)COC)CC1. The number of hydrogen-bond acceptors (Lipinski definition) is 5. The second-order valence-corrected chi connectivity index (χ2v) is 4.23. The van der Waals surface area contributed by atoms with Gasteiger partial charge in [-0.3, -0.25) is 4.79 Å². The van der Waals surface area contributed by atoms with E-state index in [1.54, 1.807) is 4.90 Å². The number of hydrogen-bond donors (Lipinski definition) is 2. The summed E-state index contributed by atoms with van der Waals surface area (Å²) in [5.41, 5.74) is 4.94. The average molecular weight is 259 g/mol. The molecule has 1 aliphatic rings. The number of amidine groups is 1. The van der Waals surface area contributed by atoms with E-state index in [0.29, 0.717) is 32.5 Å². The van der Waals surface area contributed by atoms with Crippen molar-refractivity contribution >= 4 is 11.7 Å². The molecule has 0 radical (unpaired) electrons. The first-order valence-electron chi connectivity index (χ1n) is 5.98. The highest BCUT2D eigenvalue weighted by molar-refractivity contribution is 5.89. The zero-order valence-electron chi connectivity index (χ0n) is 10.9. The smallest absolute Gasteiger partial charge is 0.248 e. The molecule has 3 N–H and O–H groups in total. The van der Waals surface area contributed by atoms with Gasteiger partial charge in [0.1, 0.15) is 12.2 Å². The topological polar surface area (TPSA) is 97.4 Å². The van der Waals surface area contributed by atoms with Gasteiger partial charge in [0.2, 0.25) is 5.91 Å². The summed E-state index contributed by atoms with van der Waals surface area (Å²) >= 11 is 0. The van der Waals surface area contributed by atoms with Crippen LogP contribution in [0, 0.1) is 0 Å². The second kappa shape index (κ2) is 6.55. The molecule has 1 amide bonds. The average Bonchev–Trinajstić information content (AvgIpc) is 2.39. The van der Waals surface area contributed by atoms with Crippen molar-refractivity contribution in [3.8, 4) is 0 Å². The minimum absolute atomic E-state index is 0.0536. The summed E-state index contributed by atoms with van der Waals surface area (Å²) in [5, 5.41) is 11.9. The zero-order chi connectivity index (χ0) is 13.6. The predicted octanol–water partition coefficient (Wildman–Crippen LogP) is -0.223. The fraction of sp³-hybridized carbons (Fsp3) is 0.818. The van der Waals surface area contributed by atoms with Crippen molar-refractivity contribution < 1.29 is 19.5 Å². The maximum atomic E-state index is 11.7. The number of methoxy groups -OCH3 is 1. The molecule has 7 heteroatoms. The van der Waals surface area contributed by atoms with E-state index in [2.05, 4.69) is 5.16 Å². The number of likely N-dealkylation sites (tertiary alicyclic amines) is 1. The van der Waals surface area contributed by atoms with E-state index in [-0.39, 0.29) is 18.3 Å². The lowest BCUT2D eigenvalue weighted by Gasteiger charge is -2.40. The van der Waals surface area contributed by atoms with Crippen LogP contribution >= 0.6 is 0 Å². The Balaban J connectivity index is 2.66. The number of nitrogens with zero attached hydrogens (tertiary/aromatic N) is 2. The van der Waals surface area contributed by atoms with Gasteiger partial charge in [0.15, 0.2) is 5.84 Å². The maximum Gasteiger partial charge on any atom is 0.248 e. The van der Waals surface area contributed by atoms with Crippen molar-refractivity contribution in [3.05, 3.63) is 0 Å². The molecule has 0 unspecified atom stereocenters. The summed E-state index contributed by atoms with van der Waals surface area (Å²) in [4.78, 5) is 13.4. The van der Waals surface area contributed by atoms with Gasteiger partial charge >= 0.3 is 0 Å². The lowest BCUT2D eigenvalue weighted by atomic mass is 9.90. The van der Waals surface area contributed by atoms with Crippen molar-refractivity contribution in [2.75, 3.05) is 33.4 Å². The van der Waals surface area contributed by atoms with Crippen LogP contribution in [0.15, 0.2) is 5.16 Å². The van der Waals surface area contributed by atoms with E-state index in [0.717, 1.165) is 0 Å². The Labute approximate surface area is 107 Å². The molecule has 0 atom stereocenters. The van der Waals surface area contributed by atoms with Crippen molar-refractivity contribution in [3.63, 3.8) is 0 Å². The molecule has 0 aliphatic carbocycles. The first-order valence-corrected chi connectivity index (χ1v) is 5.98. The molecule has 1 aliphatic heterocycles. The summed E-state index contributed by atoms with van der Waals surface area (Å²) in [6, 6.07) is 0. The monoisotopic (exact) mass is 259 g/mol. The quantitative estimate of drug-likeness (QED) is 0.308. The lowest BCUT2D eigenvalue weighted by molar-refractivity contribution is -0.139. The van der Waals surface area contributed by atoms with E-state index in [1.165, 1.54) is 7.11 Å². The van der Waals surface area contributed by atoms with Crippen molar-refractivity contribution in [1.29, 1.82) is 0 Å². The van der Waals surface area contributed by atoms with Gasteiger partial charge < -0.3 is 25.3 Å². The number of amides is 1. The fourth-order valence-corrected chi connectivity index (χ4v) is 2.17. The number of oxime groups is 1. The third-order valence-corrected chi connectivity index (χ3v) is 3.19. The first kappa shape index (κ1) is 14.7. The summed E-state index contributed by atoms with van der Waals surface area (Å²) in [6.07, 6.45) is 1.04. The number of carbonyl (C=O) groups is 1. The third kappa shape index (κ3) is 3.11. The molecule has 1 saturated heterocycles. The summed E-state index contributed by atoms with van der Waals surface area (Å²) in [7, 11) is 1.49. The molecule has 0 aromatic carbocycles. The van der Waals surface area contributed by atoms with Gasteiger partial charge in [-0.2, -0.15) is 0 Å². The summed E-state index contributed by atoms with van der Waals surface area (Å²) in [6.45, 7) is 3.43. The Morgan fingerprint density at radius 1 is 1.50 bits per heavy atom. The predicted molar refractivity (Wildman–Crippen MR) is 65.5 cm³/mol. The fourth-order valence-electron chi connectivity index (χ4n) is 2.17. The molecule has 0 aromatic heterocycles. The molecule has 18 heavy (non-hydrogen) atoms. The Kier molecular flexibility index (Phi) is 5.36. The Hall–Kier alpha value is -1.34. The minimum atomic E-state index is -0.757. The van der Waals surface area contributed by atoms with Crippen molar-refractivity contribution in [1.82, 2.24) is 4.90 Å². The van der Waals surface area contributed by atoms with Gasteiger partial charge in [-0.05, 0) is 6.92 Å². The molecule has 1 rings (SSSR count). The summed E-state index contributed by atoms with van der Waals surface area (Å²) < 4.78 is 10.4. The van der Waals surface area contributed by atoms with Crippen LogP contribution in [0.5, 0.6) is 0 Å². The van der Waals surface area contributed by atoms with Gasteiger partial charge in [0.05, 0.1) is 0 Å². The van der Waals surface area contributed by atoms with Gasteiger partial charge in [-0.1, -0.05) is 5.16 Å². The maximum absolute atomic E-state index is 11.7. The second-order valence-electron chi connectivity index (χ2n) is 4.23. The number of nitrogens with two attached hydrogens (primary N) is 1. The van der Waals surface area contributed by atoms with Gasteiger partial charge in [0.25, 0.3) is 0 Å². The molecule has 0 saturated carbocycles. The summed E-state index contributed by atoms with van der Waals surface area (Å²) in [5.74, 6) is 0.0188. The van der Waals surface area contributed by atoms with Gasteiger partial charge in [-0.25, -0.2) is 0 Å². The van der Waals surface area contributed by atoms with E-state index in [9.17, 15) is 4.79 Å². The third-order valence-electron chi connectivity index (χ3n) is 3.19. The van der Waals surface area contributed by atoms with E-state index >= 15 is 0 Å². The first-order chi connectivity index (χ1) is 8.59. The largest absolute Gasteiger partial charge is 0.409 e.